The maximum Gasteiger partial charge on any atom is 0.164 e. The van der Waals surface area contributed by atoms with Crippen LogP contribution in [0.1, 0.15) is 31.4 Å². The number of thioether (sulfide) groups is 1. The summed E-state index contributed by atoms with van der Waals surface area (Å²) < 4.78 is 34.3. The molecule has 2 heterocycles. The number of halogens is 2. The Morgan fingerprint density at radius 3 is 2.83 bits per heavy atom. The van der Waals surface area contributed by atoms with E-state index in [1.165, 1.54) is 6.07 Å². The van der Waals surface area contributed by atoms with E-state index < -0.39 is 17.2 Å². The van der Waals surface area contributed by atoms with Crippen LogP contribution in [-0.2, 0) is 16.8 Å². The zero-order valence-corrected chi connectivity index (χ0v) is 14.0. The van der Waals surface area contributed by atoms with Crippen molar-refractivity contribution in [1.82, 2.24) is 14.8 Å². The number of hydrogen-bond acceptors (Lipinski definition) is 4. The van der Waals surface area contributed by atoms with E-state index in [1.807, 2.05) is 13.2 Å². The summed E-state index contributed by atoms with van der Waals surface area (Å²) in [5, 5.41) is 4.50. The molecule has 0 spiro atoms. The van der Waals surface area contributed by atoms with Crippen LogP contribution < -0.4 is 0 Å². The van der Waals surface area contributed by atoms with Crippen molar-refractivity contribution in [2.24, 2.45) is 0 Å². The summed E-state index contributed by atoms with van der Waals surface area (Å²) in [6, 6.07) is 3.76. The maximum absolute atomic E-state index is 13.6. The van der Waals surface area contributed by atoms with Crippen LogP contribution >= 0.6 is 11.8 Å². The summed E-state index contributed by atoms with van der Waals surface area (Å²) in [5.74, 6) is 0.472. The number of aromatic nitrogens is 3. The van der Waals surface area contributed by atoms with Crippen molar-refractivity contribution in [3.63, 3.8) is 0 Å². The molecule has 1 aliphatic rings. The van der Waals surface area contributed by atoms with Gasteiger partial charge in [-0.1, -0.05) is 0 Å². The molecular weight excluding hydrogens is 320 g/mol. The third-order valence-corrected chi connectivity index (χ3v) is 4.63. The first-order valence-electron chi connectivity index (χ1n) is 7.58. The van der Waals surface area contributed by atoms with Gasteiger partial charge in [-0.2, -0.15) is 16.9 Å². The Morgan fingerprint density at radius 2 is 2.17 bits per heavy atom. The van der Waals surface area contributed by atoms with E-state index in [0.717, 1.165) is 37.1 Å². The van der Waals surface area contributed by atoms with Crippen molar-refractivity contribution in [1.29, 1.82) is 0 Å². The third-order valence-electron chi connectivity index (χ3n) is 4.02. The molecule has 23 heavy (non-hydrogen) atoms. The van der Waals surface area contributed by atoms with Gasteiger partial charge in [0, 0.05) is 24.8 Å². The Bertz CT molecular complexity index is 699. The highest BCUT2D eigenvalue weighted by atomic mass is 32.2. The van der Waals surface area contributed by atoms with Crippen molar-refractivity contribution < 1.29 is 13.5 Å². The summed E-state index contributed by atoms with van der Waals surface area (Å²) in [7, 11) is 0. The second-order valence-corrected chi connectivity index (χ2v) is 6.77. The summed E-state index contributed by atoms with van der Waals surface area (Å²) in [6.45, 7) is 2.64. The first-order chi connectivity index (χ1) is 11.0. The van der Waals surface area contributed by atoms with Gasteiger partial charge in [-0.3, -0.25) is 0 Å². The van der Waals surface area contributed by atoms with Gasteiger partial charge in [0.25, 0.3) is 0 Å². The number of ether oxygens (including phenoxy) is 1. The normalized spacial score (nSPS) is 21.0. The van der Waals surface area contributed by atoms with E-state index in [9.17, 15) is 8.78 Å². The van der Waals surface area contributed by atoms with Gasteiger partial charge in [-0.05, 0) is 38.2 Å². The molecule has 1 aromatic carbocycles. The van der Waals surface area contributed by atoms with E-state index >= 15 is 0 Å². The van der Waals surface area contributed by atoms with Crippen LogP contribution in [0.3, 0.4) is 0 Å². The Balaban J connectivity index is 2.05. The van der Waals surface area contributed by atoms with Crippen LogP contribution in [0.5, 0.6) is 0 Å². The third kappa shape index (κ3) is 3.26. The molecule has 1 fully saturated rings. The van der Waals surface area contributed by atoms with Gasteiger partial charge >= 0.3 is 0 Å². The predicted octanol–water partition coefficient (Wildman–Crippen LogP) is 3.48. The molecule has 0 bridgehead atoms. The highest BCUT2D eigenvalue weighted by molar-refractivity contribution is 7.98. The Labute approximate surface area is 138 Å². The highest BCUT2D eigenvalue weighted by Crippen LogP contribution is 2.35. The van der Waals surface area contributed by atoms with E-state index in [2.05, 4.69) is 10.1 Å². The van der Waals surface area contributed by atoms with Crippen LogP contribution in [0.2, 0.25) is 0 Å². The molecule has 1 aromatic heterocycles. The molecule has 0 N–H and O–H groups in total. The predicted molar refractivity (Wildman–Crippen MR) is 85.9 cm³/mol. The zero-order valence-electron chi connectivity index (χ0n) is 13.2. The van der Waals surface area contributed by atoms with Crippen LogP contribution in [0.25, 0.3) is 5.69 Å². The van der Waals surface area contributed by atoms with Crippen LogP contribution in [0, 0.1) is 11.6 Å². The minimum Gasteiger partial charge on any atom is -0.367 e. The topological polar surface area (TPSA) is 39.9 Å². The van der Waals surface area contributed by atoms with E-state index in [-0.39, 0.29) is 0 Å². The first-order valence-corrected chi connectivity index (χ1v) is 8.97. The highest BCUT2D eigenvalue weighted by Gasteiger charge is 2.37. The lowest BCUT2D eigenvalue weighted by Crippen LogP contribution is -2.25. The molecule has 0 aliphatic carbocycles. The van der Waals surface area contributed by atoms with Gasteiger partial charge in [0.05, 0.1) is 5.69 Å². The van der Waals surface area contributed by atoms with E-state index in [1.54, 1.807) is 16.4 Å². The van der Waals surface area contributed by atoms with E-state index in [4.69, 9.17) is 4.74 Å². The van der Waals surface area contributed by atoms with Crippen molar-refractivity contribution in [2.75, 3.05) is 18.6 Å². The minimum absolute atomic E-state index is 0.457. The van der Waals surface area contributed by atoms with Gasteiger partial charge in [0.2, 0.25) is 0 Å². The quantitative estimate of drug-likeness (QED) is 0.836. The standard InChI is InChI=1S/C16H19F2N3OS/c1-16(7-3-8-22-16)15-19-14(6-9-23-2)20-21(15)11-4-5-12(17)13(18)10-11/h4-5,10H,3,6-9H2,1-2H3/t16-/m1/s1. The number of aryl methyl sites for hydroxylation is 1. The lowest BCUT2D eigenvalue weighted by molar-refractivity contribution is 0.00761. The summed E-state index contributed by atoms with van der Waals surface area (Å²) in [6.07, 6.45) is 4.52. The van der Waals surface area contributed by atoms with Gasteiger partial charge in [0.15, 0.2) is 23.3 Å². The lowest BCUT2D eigenvalue weighted by Gasteiger charge is -2.22. The fraction of sp³-hybridized carbons (Fsp3) is 0.500. The summed E-state index contributed by atoms with van der Waals surface area (Å²) in [4.78, 5) is 4.63. The second kappa shape index (κ2) is 6.57. The number of benzene rings is 1. The van der Waals surface area contributed by atoms with Gasteiger partial charge < -0.3 is 4.74 Å². The van der Waals surface area contributed by atoms with Crippen molar-refractivity contribution in [3.8, 4) is 5.69 Å². The first kappa shape index (κ1) is 16.4. The van der Waals surface area contributed by atoms with Gasteiger partial charge in [-0.25, -0.2) is 18.4 Å². The number of rotatable bonds is 5. The number of nitrogens with zero attached hydrogens (tertiary/aromatic N) is 3. The molecule has 0 radical (unpaired) electrons. The average Bonchev–Trinajstić information content (AvgIpc) is 3.15. The number of hydrogen-bond donors (Lipinski definition) is 0. The molecule has 0 saturated carbocycles. The second-order valence-electron chi connectivity index (χ2n) is 5.79. The molecule has 1 saturated heterocycles. The van der Waals surface area contributed by atoms with Crippen LogP contribution in [0.15, 0.2) is 18.2 Å². The molecule has 2 aromatic rings. The fourth-order valence-electron chi connectivity index (χ4n) is 2.75. The summed E-state index contributed by atoms with van der Waals surface area (Å²) >= 11 is 1.71. The minimum atomic E-state index is -0.896. The largest absolute Gasteiger partial charge is 0.367 e. The molecule has 4 nitrogen and oxygen atoms in total. The average molecular weight is 339 g/mol. The molecule has 3 rings (SSSR count). The lowest BCUT2D eigenvalue weighted by atomic mass is 10.0. The Morgan fingerprint density at radius 1 is 1.35 bits per heavy atom. The summed E-state index contributed by atoms with van der Waals surface area (Å²) in [5.41, 5.74) is -0.0892. The molecule has 7 heteroatoms. The Hall–Kier alpha value is -1.47. The SMILES string of the molecule is CSCCc1nc([C@@]2(C)CCCO2)n(-c2ccc(F)c(F)c2)n1. The molecule has 0 amide bonds. The van der Waals surface area contributed by atoms with Crippen molar-refractivity contribution in [2.45, 2.75) is 31.8 Å². The molecule has 124 valence electrons. The zero-order chi connectivity index (χ0) is 16.4. The molecule has 0 unspecified atom stereocenters. The molecular formula is C16H19F2N3OS. The Kier molecular flexibility index (Phi) is 4.68. The smallest absolute Gasteiger partial charge is 0.164 e. The van der Waals surface area contributed by atoms with Crippen LogP contribution in [-0.4, -0.2) is 33.4 Å². The van der Waals surface area contributed by atoms with Gasteiger partial charge in [-0.15, -0.1) is 0 Å². The molecule has 1 atom stereocenters. The van der Waals surface area contributed by atoms with Crippen molar-refractivity contribution in [3.05, 3.63) is 41.5 Å². The van der Waals surface area contributed by atoms with E-state index in [0.29, 0.717) is 23.9 Å². The fourth-order valence-corrected chi connectivity index (χ4v) is 3.14. The molecule has 1 aliphatic heterocycles. The monoisotopic (exact) mass is 339 g/mol. The maximum atomic E-state index is 13.6. The van der Waals surface area contributed by atoms with Gasteiger partial charge in [0.1, 0.15) is 5.60 Å². The van der Waals surface area contributed by atoms with Crippen LogP contribution in [0.4, 0.5) is 8.78 Å². The van der Waals surface area contributed by atoms with Crippen molar-refractivity contribution >= 4 is 11.8 Å².